The van der Waals surface area contributed by atoms with Crippen molar-refractivity contribution in [3.63, 3.8) is 0 Å². The molecule has 3 rings (SSSR count). The number of nitrogens with zero attached hydrogens (tertiary/aromatic N) is 2. The summed E-state index contributed by atoms with van der Waals surface area (Å²) in [6.45, 7) is 0.257. The van der Waals surface area contributed by atoms with Crippen LogP contribution >= 0.6 is 11.3 Å². The Labute approximate surface area is 136 Å². The molecule has 0 spiro atoms. The highest BCUT2D eigenvalue weighted by Gasteiger charge is 2.34. The van der Waals surface area contributed by atoms with Crippen LogP contribution in [-0.4, -0.2) is 34.7 Å². The molecule has 0 saturated heterocycles. The van der Waals surface area contributed by atoms with Crippen molar-refractivity contribution in [2.24, 2.45) is 5.16 Å². The average Bonchev–Trinajstić information content (AvgIpc) is 3.10. The minimum Gasteiger partial charge on any atom is -0.411 e. The summed E-state index contributed by atoms with van der Waals surface area (Å²) in [6.07, 6.45) is 1.72. The molecule has 5 nitrogen and oxygen atoms in total. The number of oxime groups is 1. The maximum absolute atomic E-state index is 12.2. The van der Waals surface area contributed by atoms with E-state index in [9.17, 15) is 9.59 Å². The van der Waals surface area contributed by atoms with Gasteiger partial charge in [0.1, 0.15) is 0 Å². The highest BCUT2D eigenvalue weighted by molar-refractivity contribution is 7.12. The topological polar surface area (TPSA) is 70.0 Å². The van der Waals surface area contributed by atoms with E-state index in [1.54, 1.807) is 24.3 Å². The Bertz CT molecular complexity index is 823. The van der Waals surface area contributed by atoms with Gasteiger partial charge >= 0.3 is 0 Å². The highest BCUT2D eigenvalue weighted by atomic mass is 32.1. The average molecular weight is 324 g/mol. The van der Waals surface area contributed by atoms with Crippen LogP contribution in [0.5, 0.6) is 0 Å². The lowest BCUT2D eigenvalue weighted by molar-refractivity contribution is 0.0658. The van der Waals surface area contributed by atoms with E-state index in [-0.39, 0.29) is 18.4 Å². The zero-order chi connectivity index (χ0) is 16.2. The Kier molecular flexibility index (Phi) is 4.22. The molecule has 0 aliphatic carbocycles. The number of thiophene rings is 1. The van der Waals surface area contributed by atoms with Crippen LogP contribution in [0.3, 0.4) is 0 Å². The van der Waals surface area contributed by atoms with E-state index in [1.807, 2.05) is 11.4 Å². The first kappa shape index (κ1) is 15.0. The number of benzene rings is 1. The van der Waals surface area contributed by atoms with Crippen LogP contribution in [0.1, 0.15) is 37.6 Å². The van der Waals surface area contributed by atoms with Gasteiger partial charge in [-0.15, -0.1) is 11.3 Å². The SMILES string of the molecule is O=C1c2ccccc2C(=O)N1CCC#Cc1ccsc1/C=N/O. The predicted octanol–water partition coefficient (Wildman–Crippen LogP) is 2.59. The van der Waals surface area contributed by atoms with Crippen molar-refractivity contribution in [2.75, 3.05) is 6.54 Å². The molecule has 0 fully saturated rings. The molecule has 0 radical (unpaired) electrons. The second kappa shape index (κ2) is 6.46. The lowest BCUT2D eigenvalue weighted by Crippen LogP contribution is -2.30. The Morgan fingerprint density at radius 1 is 1.17 bits per heavy atom. The first-order chi connectivity index (χ1) is 11.2. The Hall–Kier alpha value is -2.91. The first-order valence-corrected chi connectivity index (χ1v) is 7.79. The van der Waals surface area contributed by atoms with Crippen molar-refractivity contribution < 1.29 is 14.8 Å². The second-order valence-corrected chi connectivity index (χ2v) is 5.75. The summed E-state index contributed by atoms with van der Waals surface area (Å²) in [5, 5.41) is 13.4. The molecule has 0 saturated carbocycles. The molecule has 1 aromatic heterocycles. The van der Waals surface area contributed by atoms with Crippen LogP contribution < -0.4 is 0 Å². The van der Waals surface area contributed by atoms with Gasteiger partial charge in [-0.1, -0.05) is 29.1 Å². The molecule has 6 heteroatoms. The fourth-order valence-corrected chi connectivity index (χ4v) is 3.05. The summed E-state index contributed by atoms with van der Waals surface area (Å²) >= 11 is 1.42. The van der Waals surface area contributed by atoms with Gasteiger partial charge in [-0.2, -0.15) is 0 Å². The van der Waals surface area contributed by atoms with Crippen LogP contribution in [0.25, 0.3) is 0 Å². The number of imide groups is 1. The number of hydrogen-bond donors (Lipinski definition) is 1. The van der Waals surface area contributed by atoms with Crippen molar-refractivity contribution in [3.05, 3.63) is 57.3 Å². The van der Waals surface area contributed by atoms with Crippen LogP contribution in [0.2, 0.25) is 0 Å². The Morgan fingerprint density at radius 2 is 1.87 bits per heavy atom. The molecule has 1 aliphatic heterocycles. The molecule has 0 unspecified atom stereocenters. The third-order valence-corrected chi connectivity index (χ3v) is 4.28. The summed E-state index contributed by atoms with van der Waals surface area (Å²) in [6, 6.07) is 8.64. The van der Waals surface area contributed by atoms with Crippen LogP contribution in [0.4, 0.5) is 0 Å². The van der Waals surface area contributed by atoms with Crippen LogP contribution in [0, 0.1) is 11.8 Å². The number of hydrogen-bond acceptors (Lipinski definition) is 5. The van der Waals surface area contributed by atoms with E-state index in [1.165, 1.54) is 22.5 Å². The van der Waals surface area contributed by atoms with E-state index < -0.39 is 0 Å². The molecule has 114 valence electrons. The van der Waals surface area contributed by atoms with E-state index >= 15 is 0 Å². The molecule has 2 amide bonds. The number of fused-ring (bicyclic) bond motifs is 1. The van der Waals surface area contributed by atoms with Gasteiger partial charge in [-0.05, 0) is 23.6 Å². The third-order valence-electron chi connectivity index (χ3n) is 3.43. The summed E-state index contributed by atoms with van der Waals surface area (Å²) in [7, 11) is 0. The molecule has 2 aromatic rings. The fraction of sp³-hybridized carbons (Fsp3) is 0.118. The van der Waals surface area contributed by atoms with Gasteiger partial charge in [-0.3, -0.25) is 14.5 Å². The summed E-state index contributed by atoms with van der Waals surface area (Å²) in [4.78, 5) is 26.4. The van der Waals surface area contributed by atoms with E-state index in [0.29, 0.717) is 17.5 Å². The predicted molar refractivity (Wildman–Crippen MR) is 87.0 cm³/mol. The summed E-state index contributed by atoms with van der Waals surface area (Å²) < 4.78 is 0. The first-order valence-electron chi connectivity index (χ1n) is 6.91. The Morgan fingerprint density at radius 3 is 2.52 bits per heavy atom. The van der Waals surface area contributed by atoms with E-state index in [4.69, 9.17) is 5.21 Å². The van der Waals surface area contributed by atoms with Gasteiger partial charge in [-0.25, -0.2) is 0 Å². The maximum atomic E-state index is 12.2. The van der Waals surface area contributed by atoms with Crippen LogP contribution in [-0.2, 0) is 0 Å². The zero-order valence-electron chi connectivity index (χ0n) is 12.0. The molecule has 2 heterocycles. The molecule has 1 aromatic carbocycles. The van der Waals surface area contributed by atoms with Crippen molar-refractivity contribution >= 4 is 29.4 Å². The van der Waals surface area contributed by atoms with Gasteiger partial charge in [0.05, 0.1) is 22.2 Å². The molecule has 23 heavy (non-hydrogen) atoms. The number of rotatable bonds is 3. The quantitative estimate of drug-likeness (QED) is 0.310. The Balaban J connectivity index is 1.67. The normalized spacial score (nSPS) is 13.3. The van der Waals surface area contributed by atoms with Crippen molar-refractivity contribution in [1.82, 2.24) is 4.90 Å². The number of amides is 2. The zero-order valence-corrected chi connectivity index (χ0v) is 12.8. The van der Waals surface area contributed by atoms with Gasteiger partial charge in [0.25, 0.3) is 11.8 Å². The minimum absolute atomic E-state index is 0.257. The monoisotopic (exact) mass is 324 g/mol. The van der Waals surface area contributed by atoms with Crippen molar-refractivity contribution in [3.8, 4) is 11.8 Å². The largest absolute Gasteiger partial charge is 0.411 e. The van der Waals surface area contributed by atoms with Gasteiger partial charge in [0, 0.05) is 18.5 Å². The van der Waals surface area contributed by atoms with Gasteiger partial charge in [0.15, 0.2) is 0 Å². The summed E-state index contributed by atoms with van der Waals surface area (Å²) in [5.41, 5.74) is 1.66. The second-order valence-electron chi connectivity index (χ2n) is 4.80. The number of carbonyl (C=O) groups excluding carboxylic acids is 2. The lowest BCUT2D eigenvalue weighted by atomic mass is 10.1. The molecule has 0 bridgehead atoms. The molecular weight excluding hydrogens is 312 g/mol. The fourth-order valence-electron chi connectivity index (χ4n) is 2.34. The number of carbonyl (C=O) groups is 2. The summed E-state index contributed by atoms with van der Waals surface area (Å²) in [5.74, 6) is 5.38. The van der Waals surface area contributed by atoms with Gasteiger partial charge < -0.3 is 5.21 Å². The highest BCUT2D eigenvalue weighted by Crippen LogP contribution is 2.22. The minimum atomic E-state index is -0.268. The maximum Gasteiger partial charge on any atom is 0.261 e. The van der Waals surface area contributed by atoms with Crippen molar-refractivity contribution in [2.45, 2.75) is 6.42 Å². The lowest BCUT2D eigenvalue weighted by Gasteiger charge is -2.10. The standard InChI is InChI=1S/C17H12N2O3S/c20-16-13-6-1-2-7-14(13)17(21)19(16)9-4-3-5-12-8-10-23-15(12)11-18-22/h1-2,6-8,10-11,22H,4,9H2/b18-11+. The van der Waals surface area contributed by atoms with Crippen LogP contribution in [0.15, 0.2) is 40.9 Å². The van der Waals surface area contributed by atoms with Crippen molar-refractivity contribution in [1.29, 1.82) is 0 Å². The molecular formula is C17H12N2O3S. The molecule has 0 atom stereocenters. The smallest absolute Gasteiger partial charge is 0.261 e. The molecule has 1 N–H and O–H groups in total. The van der Waals surface area contributed by atoms with E-state index in [2.05, 4.69) is 17.0 Å². The molecule has 1 aliphatic rings. The third kappa shape index (κ3) is 2.87. The van der Waals surface area contributed by atoms with Gasteiger partial charge in [0.2, 0.25) is 0 Å². The van der Waals surface area contributed by atoms with E-state index in [0.717, 1.165) is 10.4 Å².